The third-order valence-electron chi connectivity index (χ3n) is 3.30. The van der Waals surface area contributed by atoms with E-state index < -0.39 is 8.07 Å². The summed E-state index contributed by atoms with van der Waals surface area (Å²) in [5.41, 5.74) is 0.0880. The Morgan fingerprint density at radius 3 is 2.08 bits per heavy atom. The number of rotatable bonds is 4. The fourth-order valence-electron chi connectivity index (χ4n) is 1.28. The van der Waals surface area contributed by atoms with Gasteiger partial charge in [-0.05, 0) is 11.5 Å². The minimum Gasteiger partial charge on any atom is -0.458 e. The minimum atomic E-state index is -1.54. The van der Waals surface area contributed by atoms with Crippen molar-refractivity contribution in [2.45, 2.75) is 58.0 Å². The Hall–Kier alpha value is -0.313. The minimum absolute atomic E-state index is 0.0880. The highest BCUT2D eigenvalue weighted by atomic mass is 28.3. The van der Waals surface area contributed by atoms with Crippen LogP contribution in [0.15, 0.2) is 0 Å². The maximum atomic E-state index is 10.2. The molecule has 0 aromatic carbocycles. The summed E-state index contributed by atoms with van der Waals surface area (Å²) in [5.74, 6) is 0. The SMILES string of the molecule is CCC(O[C]=O)[Si](C)(C)C(C)(C)C. The summed E-state index contributed by atoms with van der Waals surface area (Å²) in [4.78, 5) is 10.2. The van der Waals surface area contributed by atoms with Crippen LogP contribution in [0.5, 0.6) is 0 Å². The van der Waals surface area contributed by atoms with Gasteiger partial charge in [-0.1, -0.05) is 40.8 Å². The van der Waals surface area contributed by atoms with Gasteiger partial charge in [-0.2, -0.15) is 0 Å². The van der Waals surface area contributed by atoms with Crippen molar-refractivity contribution in [3.63, 3.8) is 0 Å². The van der Waals surface area contributed by atoms with Crippen LogP contribution in [0.3, 0.4) is 0 Å². The number of carbonyl (C=O) groups excluding carboxylic acids is 1. The highest BCUT2D eigenvalue weighted by Crippen LogP contribution is 2.39. The summed E-state index contributed by atoms with van der Waals surface area (Å²) in [6.45, 7) is 14.8. The fourth-order valence-corrected chi connectivity index (χ4v) is 3.61. The molecule has 0 rings (SSSR count). The molecule has 1 atom stereocenters. The Morgan fingerprint density at radius 1 is 1.38 bits per heavy atom. The van der Waals surface area contributed by atoms with Gasteiger partial charge in [-0.25, -0.2) is 4.79 Å². The van der Waals surface area contributed by atoms with Crippen molar-refractivity contribution in [2.75, 3.05) is 0 Å². The molecule has 0 aliphatic heterocycles. The predicted octanol–water partition coefficient (Wildman–Crippen LogP) is 2.90. The number of hydrogen-bond acceptors (Lipinski definition) is 2. The highest BCUT2D eigenvalue weighted by Gasteiger charge is 2.42. The van der Waals surface area contributed by atoms with Gasteiger partial charge in [0.25, 0.3) is 0 Å². The highest BCUT2D eigenvalue weighted by molar-refractivity contribution is 6.81. The van der Waals surface area contributed by atoms with Crippen LogP contribution in [0.2, 0.25) is 18.1 Å². The standard InChI is InChI=1S/C10H21O2Si/c1-7-9(12-8-11)13(5,6)10(2,3)4/h9H,7H2,1-6H3. The first kappa shape index (κ1) is 12.7. The zero-order valence-electron chi connectivity index (χ0n) is 9.60. The van der Waals surface area contributed by atoms with Gasteiger partial charge in [0.2, 0.25) is 0 Å². The molecule has 0 aliphatic rings. The summed E-state index contributed by atoms with van der Waals surface area (Å²) in [7, 11) is -1.54. The van der Waals surface area contributed by atoms with Crippen LogP contribution in [-0.2, 0) is 9.53 Å². The molecule has 0 aliphatic carbocycles. The first-order chi connectivity index (χ1) is 5.77. The smallest absolute Gasteiger partial charge is 0.417 e. The molecule has 0 saturated heterocycles. The third kappa shape index (κ3) is 2.83. The normalized spacial score (nSPS) is 15.2. The van der Waals surface area contributed by atoms with E-state index in [1.807, 2.05) is 0 Å². The monoisotopic (exact) mass is 201 g/mol. The number of ether oxygens (including phenoxy) is 1. The summed E-state index contributed by atoms with van der Waals surface area (Å²) in [5, 5.41) is 0.254. The molecule has 0 saturated carbocycles. The van der Waals surface area contributed by atoms with E-state index in [2.05, 4.69) is 40.8 Å². The van der Waals surface area contributed by atoms with Crippen LogP contribution < -0.4 is 0 Å². The van der Waals surface area contributed by atoms with Gasteiger partial charge in [0, 0.05) is 0 Å². The first-order valence-electron chi connectivity index (χ1n) is 4.80. The summed E-state index contributed by atoms with van der Waals surface area (Å²) in [6.07, 6.45) is 0.895. The van der Waals surface area contributed by atoms with Gasteiger partial charge in [-0.3, -0.25) is 0 Å². The lowest BCUT2D eigenvalue weighted by Gasteiger charge is -2.41. The molecule has 0 N–H and O–H groups in total. The van der Waals surface area contributed by atoms with Crippen LogP contribution in [0.4, 0.5) is 0 Å². The van der Waals surface area contributed by atoms with Crippen molar-refractivity contribution >= 4 is 14.5 Å². The van der Waals surface area contributed by atoms with Crippen LogP contribution in [0, 0.1) is 0 Å². The van der Waals surface area contributed by atoms with E-state index in [0.717, 1.165) is 6.42 Å². The van der Waals surface area contributed by atoms with E-state index in [-0.39, 0.29) is 10.8 Å². The molecule has 13 heavy (non-hydrogen) atoms. The van der Waals surface area contributed by atoms with E-state index in [0.29, 0.717) is 0 Å². The molecule has 0 heterocycles. The Morgan fingerprint density at radius 2 is 1.85 bits per heavy atom. The maximum Gasteiger partial charge on any atom is 0.417 e. The second kappa shape index (κ2) is 4.27. The average molecular weight is 201 g/mol. The lowest BCUT2D eigenvalue weighted by Crippen LogP contribution is -2.50. The van der Waals surface area contributed by atoms with Crippen molar-refractivity contribution in [1.82, 2.24) is 0 Å². The molecule has 0 spiro atoms. The molecule has 0 aromatic rings. The van der Waals surface area contributed by atoms with Crippen LogP contribution in [-0.4, -0.2) is 20.3 Å². The molecule has 77 valence electrons. The van der Waals surface area contributed by atoms with Crippen molar-refractivity contribution in [1.29, 1.82) is 0 Å². The first-order valence-corrected chi connectivity index (χ1v) is 7.88. The Labute approximate surface area is 82.7 Å². The Bertz CT molecular complexity index is 170. The van der Waals surface area contributed by atoms with E-state index in [1.54, 1.807) is 6.47 Å². The molecule has 1 unspecified atom stereocenters. The zero-order chi connectivity index (χ0) is 10.7. The predicted molar refractivity (Wildman–Crippen MR) is 58.1 cm³/mol. The molecule has 2 nitrogen and oxygen atoms in total. The Kier molecular flexibility index (Phi) is 4.16. The second-order valence-electron chi connectivity index (χ2n) is 5.07. The van der Waals surface area contributed by atoms with E-state index >= 15 is 0 Å². The quantitative estimate of drug-likeness (QED) is 0.654. The molecular weight excluding hydrogens is 180 g/mol. The van der Waals surface area contributed by atoms with E-state index in [4.69, 9.17) is 4.74 Å². The maximum absolute atomic E-state index is 10.2. The lowest BCUT2D eigenvalue weighted by atomic mass is 10.2. The molecule has 0 aromatic heterocycles. The molecule has 1 radical (unpaired) electrons. The fraction of sp³-hybridized carbons (Fsp3) is 0.900. The van der Waals surface area contributed by atoms with Gasteiger partial charge in [-0.15, -0.1) is 0 Å². The summed E-state index contributed by atoms with van der Waals surface area (Å²) < 4.78 is 5.04. The van der Waals surface area contributed by atoms with Gasteiger partial charge in [0.15, 0.2) is 0 Å². The van der Waals surface area contributed by atoms with Gasteiger partial charge >= 0.3 is 6.47 Å². The molecule has 0 bridgehead atoms. The summed E-state index contributed by atoms with van der Waals surface area (Å²) >= 11 is 0. The lowest BCUT2D eigenvalue weighted by molar-refractivity contribution is 0.227. The van der Waals surface area contributed by atoms with Crippen molar-refractivity contribution in [3.05, 3.63) is 0 Å². The van der Waals surface area contributed by atoms with Crippen molar-refractivity contribution in [3.8, 4) is 0 Å². The van der Waals surface area contributed by atoms with E-state index in [9.17, 15) is 4.79 Å². The zero-order valence-corrected chi connectivity index (χ0v) is 10.6. The topological polar surface area (TPSA) is 26.3 Å². The molecular formula is C10H21O2Si. The summed E-state index contributed by atoms with van der Waals surface area (Å²) in [6, 6.07) is 0. The molecule has 0 amide bonds. The van der Waals surface area contributed by atoms with Crippen LogP contribution in [0.1, 0.15) is 34.1 Å². The second-order valence-corrected chi connectivity index (χ2v) is 10.7. The van der Waals surface area contributed by atoms with Crippen LogP contribution >= 0.6 is 0 Å². The molecule has 3 heteroatoms. The van der Waals surface area contributed by atoms with E-state index in [1.165, 1.54) is 0 Å². The van der Waals surface area contributed by atoms with Crippen molar-refractivity contribution < 1.29 is 9.53 Å². The van der Waals surface area contributed by atoms with Gasteiger partial charge in [0.1, 0.15) is 8.07 Å². The molecule has 0 fully saturated rings. The van der Waals surface area contributed by atoms with Gasteiger partial charge < -0.3 is 4.74 Å². The van der Waals surface area contributed by atoms with Gasteiger partial charge in [0.05, 0.1) is 5.73 Å². The van der Waals surface area contributed by atoms with Crippen LogP contribution in [0.25, 0.3) is 0 Å². The third-order valence-corrected chi connectivity index (χ3v) is 9.30. The Balaban J connectivity index is 4.66. The largest absolute Gasteiger partial charge is 0.458 e. The average Bonchev–Trinajstić information content (AvgIpc) is 1.97. The number of hydrogen-bond donors (Lipinski definition) is 0. The van der Waals surface area contributed by atoms with Crippen molar-refractivity contribution in [2.24, 2.45) is 0 Å².